The van der Waals surface area contributed by atoms with Gasteiger partial charge in [-0.05, 0) is 69.1 Å². The van der Waals surface area contributed by atoms with E-state index >= 15 is 4.39 Å². The molecule has 238 valence electrons. The Morgan fingerprint density at radius 2 is 1.87 bits per heavy atom. The predicted molar refractivity (Wildman–Crippen MR) is 175 cm³/mol. The maximum absolute atomic E-state index is 16.7. The summed E-state index contributed by atoms with van der Waals surface area (Å²) >= 11 is 0. The van der Waals surface area contributed by atoms with Gasteiger partial charge in [-0.2, -0.15) is 9.97 Å². The van der Waals surface area contributed by atoms with Crippen LogP contribution in [0.3, 0.4) is 0 Å². The third kappa shape index (κ3) is 5.47. The molecule has 2 aliphatic heterocycles. The van der Waals surface area contributed by atoms with Crippen LogP contribution in [0.25, 0.3) is 32.9 Å². The summed E-state index contributed by atoms with van der Waals surface area (Å²) in [5.74, 6) is -0.481. The number of benzene rings is 2. The zero-order chi connectivity index (χ0) is 31.2. The molecule has 7 nitrogen and oxygen atoms in total. The summed E-state index contributed by atoms with van der Waals surface area (Å²) < 4.78 is 37.5. The predicted octanol–water partition coefficient (Wildman–Crippen LogP) is 6.47. The second-order valence-corrected chi connectivity index (χ2v) is 13.6. The van der Waals surface area contributed by atoms with Gasteiger partial charge in [0.2, 0.25) is 0 Å². The SMILES string of the molecule is CCc1cccc2cccc(-c3ncc4c(CNCC5(N(C)C)CCCC5)nc(OC[C@@]56CCCN5C[C@H](F)C6)nc4c3F)c12. The molecule has 2 saturated heterocycles. The molecule has 3 aliphatic rings. The lowest BCUT2D eigenvalue weighted by Gasteiger charge is -2.36. The number of pyridine rings is 1. The van der Waals surface area contributed by atoms with Crippen LogP contribution in [0.5, 0.6) is 6.01 Å². The molecule has 1 N–H and O–H groups in total. The number of hydrogen-bond donors (Lipinski definition) is 1. The molecule has 3 fully saturated rings. The molecular formula is C36H44F2N6O. The van der Waals surface area contributed by atoms with Crippen LogP contribution in [0.4, 0.5) is 8.78 Å². The van der Waals surface area contributed by atoms with Crippen LogP contribution < -0.4 is 10.1 Å². The van der Waals surface area contributed by atoms with Crippen molar-refractivity contribution in [3.05, 3.63) is 59.7 Å². The first kappa shape index (κ1) is 30.4. The lowest BCUT2D eigenvalue weighted by atomic mass is 9.95. The van der Waals surface area contributed by atoms with Crippen LogP contribution in [0.2, 0.25) is 0 Å². The van der Waals surface area contributed by atoms with Crippen LogP contribution in [0.15, 0.2) is 42.6 Å². The number of halogens is 2. The first-order valence-corrected chi connectivity index (χ1v) is 16.6. The van der Waals surface area contributed by atoms with Crippen LogP contribution in [-0.4, -0.2) is 82.3 Å². The van der Waals surface area contributed by atoms with Crippen molar-refractivity contribution in [2.24, 2.45) is 0 Å². The van der Waals surface area contributed by atoms with Gasteiger partial charge in [-0.15, -0.1) is 0 Å². The van der Waals surface area contributed by atoms with E-state index in [4.69, 9.17) is 14.7 Å². The Kier molecular flexibility index (Phi) is 8.21. The number of aryl methyl sites for hydroxylation is 1. The lowest BCUT2D eigenvalue weighted by molar-refractivity contribution is 0.107. The quantitative estimate of drug-likeness (QED) is 0.220. The topological polar surface area (TPSA) is 66.4 Å². The minimum Gasteiger partial charge on any atom is -0.461 e. The molecule has 4 heterocycles. The smallest absolute Gasteiger partial charge is 0.317 e. The highest BCUT2D eigenvalue weighted by Gasteiger charge is 2.49. The molecule has 1 aliphatic carbocycles. The van der Waals surface area contributed by atoms with Gasteiger partial charge in [-0.3, -0.25) is 9.88 Å². The average molecular weight is 615 g/mol. The summed E-state index contributed by atoms with van der Waals surface area (Å²) in [6.45, 7) is 4.96. The normalized spacial score (nSPS) is 23.0. The maximum Gasteiger partial charge on any atom is 0.317 e. The molecule has 7 rings (SSSR count). The molecular weight excluding hydrogens is 570 g/mol. The summed E-state index contributed by atoms with van der Waals surface area (Å²) in [5, 5.41) is 6.26. The molecule has 9 heteroatoms. The Balaban J connectivity index is 1.27. The Labute approximate surface area is 264 Å². The second-order valence-electron chi connectivity index (χ2n) is 13.6. The van der Waals surface area contributed by atoms with Crippen molar-refractivity contribution in [3.8, 4) is 17.3 Å². The number of ether oxygens (including phenoxy) is 1. The second kappa shape index (κ2) is 12.2. The monoisotopic (exact) mass is 614 g/mol. The fourth-order valence-electron chi connectivity index (χ4n) is 8.27. The van der Waals surface area contributed by atoms with E-state index < -0.39 is 12.0 Å². The highest BCUT2D eigenvalue weighted by Crippen LogP contribution is 2.41. The van der Waals surface area contributed by atoms with E-state index in [2.05, 4.69) is 59.3 Å². The Bertz CT molecular complexity index is 1700. The van der Waals surface area contributed by atoms with Crippen LogP contribution in [-0.2, 0) is 13.0 Å². The summed E-state index contributed by atoms with van der Waals surface area (Å²) in [5.41, 5.74) is 2.77. The van der Waals surface area contributed by atoms with Crippen molar-refractivity contribution in [2.75, 3.05) is 40.3 Å². The van der Waals surface area contributed by atoms with Crippen molar-refractivity contribution < 1.29 is 13.5 Å². The van der Waals surface area contributed by atoms with E-state index in [1.165, 1.54) is 12.8 Å². The molecule has 0 spiro atoms. The van der Waals surface area contributed by atoms with Crippen LogP contribution in [0, 0.1) is 5.82 Å². The molecule has 45 heavy (non-hydrogen) atoms. The van der Waals surface area contributed by atoms with Gasteiger partial charge in [0.25, 0.3) is 0 Å². The lowest BCUT2D eigenvalue weighted by Crippen LogP contribution is -2.49. The number of likely N-dealkylation sites (N-methyl/N-ethyl adjacent to an activating group) is 1. The van der Waals surface area contributed by atoms with E-state index in [9.17, 15) is 4.39 Å². The Morgan fingerprint density at radius 3 is 2.64 bits per heavy atom. The van der Waals surface area contributed by atoms with Crippen molar-refractivity contribution in [1.29, 1.82) is 0 Å². The zero-order valence-electron chi connectivity index (χ0n) is 26.7. The van der Waals surface area contributed by atoms with Gasteiger partial charge < -0.3 is 15.0 Å². The molecule has 0 bridgehead atoms. The highest BCUT2D eigenvalue weighted by atomic mass is 19.1. The number of aromatic nitrogens is 3. The molecule has 2 aromatic heterocycles. The number of hydrogen-bond acceptors (Lipinski definition) is 7. The largest absolute Gasteiger partial charge is 0.461 e. The average Bonchev–Trinajstić information content (AvgIpc) is 3.75. The number of rotatable bonds is 10. The van der Waals surface area contributed by atoms with Gasteiger partial charge in [-0.25, -0.2) is 8.78 Å². The van der Waals surface area contributed by atoms with Gasteiger partial charge in [0.1, 0.15) is 24.0 Å². The molecule has 4 aromatic rings. The van der Waals surface area contributed by atoms with E-state index in [1.807, 2.05) is 18.2 Å². The fourth-order valence-corrected chi connectivity index (χ4v) is 8.27. The maximum atomic E-state index is 16.7. The van der Waals surface area contributed by atoms with Crippen molar-refractivity contribution in [1.82, 2.24) is 30.1 Å². The van der Waals surface area contributed by atoms with Gasteiger partial charge in [-0.1, -0.05) is 56.2 Å². The summed E-state index contributed by atoms with van der Waals surface area (Å²) in [7, 11) is 4.29. The Morgan fingerprint density at radius 1 is 1.07 bits per heavy atom. The fraction of sp³-hybridized carbons (Fsp3) is 0.528. The first-order valence-electron chi connectivity index (χ1n) is 16.6. The molecule has 2 aromatic carbocycles. The summed E-state index contributed by atoms with van der Waals surface area (Å²) in [4.78, 5) is 18.7. The van der Waals surface area contributed by atoms with E-state index in [0.29, 0.717) is 30.6 Å². The summed E-state index contributed by atoms with van der Waals surface area (Å²) in [6, 6.07) is 12.2. The summed E-state index contributed by atoms with van der Waals surface area (Å²) in [6.07, 6.45) is 8.76. The standard InChI is InChI=1S/C36H44F2N6O/c1-4-24-10-7-11-25-12-8-13-27(30(24)25)32-31(38)33-28(19-40-32)29(20-39-22-35(43(2)3)14-5-6-15-35)41-34(42-33)45-23-36-16-9-17-44(36)21-26(37)18-36/h7-8,10-13,19,26,39H,4-6,9,14-18,20-23H2,1-3H3/t26-,36+/m1/s1. The third-order valence-electron chi connectivity index (χ3n) is 10.8. The van der Waals surface area contributed by atoms with Crippen molar-refractivity contribution in [3.63, 3.8) is 0 Å². The molecule has 0 radical (unpaired) electrons. The molecule has 1 saturated carbocycles. The Hall–Kier alpha value is -3.27. The third-order valence-corrected chi connectivity index (χ3v) is 10.8. The first-order chi connectivity index (χ1) is 21.8. The number of fused-ring (bicyclic) bond motifs is 3. The number of alkyl halides is 1. The van der Waals surface area contributed by atoms with E-state index in [0.717, 1.165) is 67.1 Å². The van der Waals surface area contributed by atoms with Crippen LogP contribution in [0.1, 0.15) is 63.1 Å². The van der Waals surface area contributed by atoms with Gasteiger partial charge in [0, 0.05) is 48.7 Å². The van der Waals surface area contributed by atoms with Crippen molar-refractivity contribution >= 4 is 21.7 Å². The minimum atomic E-state index is -0.856. The van der Waals surface area contributed by atoms with E-state index in [1.54, 1.807) is 6.20 Å². The molecule has 2 atom stereocenters. The number of nitrogens with one attached hydrogen (secondary N) is 1. The van der Waals surface area contributed by atoms with Gasteiger partial charge in [0.05, 0.1) is 11.2 Å². The molecule has 0 amide bonds. The minimum absolute atomic E-state index is 0.0979. The van der Waals surface area contributed by atoms with Crippen LogP contribution >= 0.6 is 0 Å². The van der Waals surface area contributed by atoms with E-state index in [-0.39, 0.29) is 34.9 Å². The van der Waals surface area contributed by atoms with Gasteiger partial charge in [0.15, 0.2) is 5.82 Å². The highest BCUT2D eigenvalue weighted by molar-refractivity contribution is 5.99. The zero-order valence-corrected chi connectivity index (χ0v) is 26.7. The van der Waals surface area contributed by atoms with Gasteiger partial charge >= 0.3 is 6.01 Å². The number of nitrogens with zero attached hydrogens (tertiary/aromatic N) is 5. The van der Waals surface area contributed by atoms with Crippen molar-refractivity contribution in [2.45, 2.75) is 82.1 Å². The molecule has 0 unspecified atom stereocenters.